The lowest BCUT2D eigenvalue weighted by Crippen LogP contribution is -2.45. The van der Waals surface area contributed by atoms with Gasteiger partial charge in [0.25, 0.3) is 0 Å². The van der Waals surface area contributed by atoms with E-state index < -0.39 is 0 Å². The largest absolute Gasteiger partial charge is 0.380 e. The Labute approximate surface area is 112 Å². The average molecular weight is 254 g/mol. The van der Waals surface area contributed by atoms with Crippen LogP contribution in [0.15, 0.2) is 0 Å². The molecule has 0 aromatic rings. The first-order valence-corrected chi connectivity index (χ1v) is 7.81. The van der Waals surface area contributed by atoms with Crippen LogP contribution < -0.4 is 5.32 Å². The van der Waals surface area contributed by atoms with Crippen molar-refractivity contribution in [2.45, 2.75) is 52.0 Å². The highest BCUT2D eigenvalue weighted by atomic mass is 16.5. The van der Waals surface area contributed by atoms with Gasteiger partial charge in [-0.15, -0.1) is 0 Å². The van der Waals surface area contributed by atoms with E-state index in [1.54, 1.807) is 0 Å². The summed E-state index contributed by atoms with van der Waals surface area (Å²) in [5, 5.41) is 3.75. The second kappa shape index (κ2) is 6.88. The fourth-order valence-electron chi connectivity index (χ4n) is 2.86. The van der Waals surface area contributed by atoms with Gasteiger partial charge in [-0.25, -0.2) is 0 Å². The first kappa shape index (κ1) is 14.3. The molecule has 0 radical (unpaired) electrons. The van der Waals surface area contributed by atoms with E-state index in [2.05, 4.69) is 24.1 Å². The number of nitrogens with zero attached hydrogens (tertiary/aromatic N) is 1. The summed E-state index contributed by atoms with van der Waals surface area (Å²) in [7, 11) is 0. The number of hydrogen-bond donors (Lipinski definition) is 1. The predicted octanol–water partition coefficient (Wildman–Crippen LogP) is 2.27. The highest BCUT2D eigenvalue weighted by Crippen LogP contribution is 2.29. The Morgan fingerprint density at radius 3 is 2.61 bits per heavy atom. The summed E-state index contributed by atoms with van der Waals surface area (Å²) >= 11 is 0. The molecule has 0 aromatic heterocycles. The third kappa shape index (κ3) is 4.22. The third-order valence-corrected chi connectivity index (χ3v) is 4.72. The lowest BCUT2D eigenvalue weighted by molar-refractivity contribution is 0.114. The molecule has 2 rings (SSSR count). The average Bonchev–Trinajstić information content (AvgIpc) is 3.22. The van der Waals surface area contributed by atoms with Crippen LogP contribution in [0.5, 0.6) is 0 Å². The number of rotatable bonds is 7. The molecule has 2 aliphatic rings. The Kier molecular flexibility index (Phi) is 5.46. The van der Waals surface area contributed by atoms with Crippen molar-refractivity contribution in [3.05, 3.63) is 0 Å². The Bertz CT molecular complexity index is 229. The highest BCUT2D eigenvalue weighted by molar-refractivity contribution is 4.88. The summed E-state index contributed by atoms with van der Waals surface area (Å²) in [6.07, 6.45) is 6.53. The van der Waals surface area contributed by atoms with Gasteiger partial charge in [-0.1, -0.05) is 13.8 Å². The minimum Gasteiger partial charge on any atom is -0.380 e. The number of hydrogen-bond acceptors (Lipinski definition) is 3. The van der Waals surface area contributed by atoms with E-state index in [9.17, 15) is 0 Å². The summed E-state index contributed by atoms with van der Waals surface area (Å²) in [6, 6.07) is 0.829. The molecule has 106 valence electrons. The zero-order valence-corrected chi connectivity index (χ0v) is 12.2. The van der Waals surface area contributed by atoms with Gasteiger partial charge < -0.3 is 15.0 Å². The molecule has 18 heavy (non-hydrogen) atoms. The van der Waals surface area contributed by atoms with Gasteiger partial charge >= 0.3 is 0 Å². The molecule has 1 N–H and O–H groups in total. The first-order chi connectivity index (χ1) is 8.78. The van der Waals surface area contributed by atoms with Crippen LogP contribution in [-0.2, 0) is 4.74 Å². The second-order valence-corrected chi connectivity index (χ2v) is 6.10. The summed E-state index contributed by atoms with van der Waals surface area (Å²) in [5.74, 6) is 0. The summed E-state index contributed by atoms with van der Waals surface area (Å²) < 4.78 is 5.56. The monoisotopic (exact) mass is 254 g/mol. The fourth-order valence-corrected chi connectivity index (χ4v) is 2.86. The van der Waals surface area contributed by atoms with Crippen LogP contribution in [0.1, 0.15) is 46.0 Å². The van der Waals surface area contributed by atoms with Gasteiger partial charge in [0.05, 0.1) is 6.61 Å². The molecule has 1 aliphatic carbocycles. The van der Waals surface area contributed by atoms with Crippen LogP contribution >= 0.6 is 0 Å². The van der Waals surface area contributed by atoms with Crippen molar-refractivity contribution in [2.75, 3.05) is 39.4 Å². The van der Waals surface area contributed by atoms with E-state index in [0.29, 0.717) is 5.41 Å². The van der Waals surface area contributed by atoms with Crippen molar-refractivity contribution in [3.8, 4) is 0 Å². The van der Waals surface area contributed by atoms with E-state index >= 15 is 0 Å². The van der Waals surface area contributed by atoms with Crippen LogP contribution in [0.4, 0.5) is 0 Å². The van der Waals surface area contributed by atoms with Crippen LogP contribution in [0, 0.1) is 5.41 Å². The maximum absolute atomic E-state index is 5.56. The van der Waals surface area contributed by atoms with E-state index in [-0.39, 0.29) is 0 Å². The lowest BCUT2D eigenvalue weighted by Gasteiger charge is -2.37. The van der Waals surface area contributed by atoms with Gasteiger partial charge in [0, 0.05) is 38.8 Å². The number of ether oxygens (including phenoxy) is 1. The lowest BCUT2D eigenvalue weighted by atomic mass is 9.81. The maximum Gasteiger partial charge on any atom is 0.0593 e. The summed E-state index contributed by atoms with van der Waals surface area (Å²) in [4.78, 5) is 2.62. The molecule has 0 bridgehead atoms. The topological polar surface area (TPSA) is 24.5 Å². The van der Waals surface area contributed by atoms with Crippen molar-refractivity contribution in [1.82, 2.24) is 10.2 Å². The third-order valence-electron chi connectivity index (χ3n) is 4.72. The van der Waals surface area contributed by atoms with Crippen LogP contribution in [0.25, 0.3) is 0 Å². The molecule has 1 heterocycles. The zero-order valence-electron chi connectivity index (χ0n) is 12.2. The summed E-state index contributed by atoms with van der Waals surface area (Å²) in [6.45, 7) is 11.3. The second-order valence-electron chi connectivity index (χ2n) is 6.10. The highest BCUT2D eigenvalue weighted by Gasteiger charge is 2.31. The Morgan fingerprint density at radius 1 is 1.17 bits per heavy atom. The van der Waals surface area contributed by atoms with Gasteiger partial charge in [-0.3, -0.25) is 0 Å². The normalized spacial score (nSPS) is 23.0. The minimum atomic E-state index is 0.465. The molecular weight excluding hydrogens is 224 g/mol. The first-order valence-electron chi connectivity index (χ1n) is 7.81. The minimum absolute atomic E-state index is 0.465. The zero-order chi connectivity index (χ0) is 12.8. The molecule has 3 nitrogen and oxygen atoms in total. The predicted molar refractivity (Wildman–Crippen MR) is 75.9 cm³/mol. The summed E-state index contributed by atoms with van der Waals surface area (Å²) in [5.41, 5.74) is 0.465. The maximum atomic E-state index is 5.56. The van der Waals surface area contributed by atoms with Crippen LogP contribution in [0.2, 0.25) is 0 Å². The molecule has 0 unspecified atom stereocenters. The Morgan fingerprint density at radius 2 is 1.94 bits per heavy atom. The molecule has 1 saturated heterocycles. The van der Waals surface area contributed by atoms with Crippen LogP contribution in [0.3, 0.4) is 0 Å². The molecular formula is C15H30N2O. The van der Waals surface area contributed by atoms with Gasteiger partial charge in [0.15, 0.2) is 0 Å². The van der Waals surface area contributed by atoms with Gasteiger partial charge in [-0.05, 0) is 37.5 Å². The van der Waals surface area contributed by atoms with Crippen molar-refractivity contribution >= 4 is 0 Å². The Hall–Kier alpha value is -0.120. The molecule has 0 atom stereocenters. The van der Waals surface area contributed by atoms with Crippen LogP contribution in [-0.4, -0.2) is 50.3 Å². The smallest absolute Gasteiger partial charge is 0.0593 e. The molecule has 0 aromatic carbocycles. The van der Waals surface area contributed by atoms with E-state index in [0.717, 1.165) is 25.8 Å². The molecule has 0 amide bonds. The van der Waals surface area contributed by atoms with E-state index in [4.69, 9.17) is 4.74 Å². The Balaban J connectivity index is 1.85. The van der Waals surface area contributed by atoms with Gasteiger partial charge in [-0.2, -0.15) is 0 Å². The molecule has 1 saturated carbocycles. The van der Waals surface area contributed by atoms with Crippen molar-refractivity contribution < 1.29 is 4.74 Å². The van der Waals surface area contributed by atoms with Gasteiger partial charge in [0.1, 0.15) is 0 Å². The van der Waals surface area contributed by atoms with Crippen molar-refractivity contribution in [2.24, 2.45) is 5.41 Å². The quantitative estimate of drug-likeness (QED) is 0.754. The van der Waals surface area contributed by atoms with E-state index in [1.165, 1.54) is 51.7 Å². The molecule has 2 fully saturated rings. The standard InChI is InChI=1S/C15H30N2O/c1-3-15(4-2,12-16-14-6-7-14)13-17-8-5-10-18-11-9-17/h14,16H,3-13H2,1-2H3. The van der Waals surface area contributed by atoms with E-state index in [1.807, 2.05) is 0 Å². The fraction of sp³-hybridized carbons (Fsp3) is 1.00. The van der Waals surface area contributed by atoms with Gasteiger partial charge in [0.2, 0.25) is 0 Å². The molecule has 3 heteroatoms. The number of nitrogens with one attached hydrogen (secondary N) is 1. The SMILES string of the molecule is CCC(CC)(CNC1CC1)CN1CCCOCC1. The van der Waals surface area contributed by atoms with Crippen molar-refractivity contribution in [3.63, 3.8) is 0 Å². The molecule has 0 spiro atoms. The molecule has 1 aliphatic heterocycles. The van der Waals surface area contributed by atoms with Crippen molar-refractivity contribution in [1.29, 1.82) is 0 Å².